The first kappa shape index (κ1) is 17.4. The van der Waals surface area contributed by atoms with E-state index in [9.17, 15) is 0 Å². The minimum absolute atomic E-state index is 0.220. The monoisotopic (exact) mass is 346 g/mol. The normalized spacial score (nSPS) is 19.5. The lowest BCUT2D eigenvalue weighted by Crippen LogP contribution is -2.08. The minimum Gasteiger partial charge on any atom is -0.497 e. The van der Waals surface area contributed by atoms with Crippen LogP contribution in [0.5, 0.6) is 23.0 Å². The van der Waals surface area contributed by atoms with E-state index in [-0.39, 0.29) is 19.0 Å². The van der Waals surface area contributed by atoms with Gasteiger partial charge in [-0.05, 0) is 35.4 Å². The third-order valence-electron chi connectivity index (χ3n) is 4.23. The number of hydrogen-bond acceptors (Lipinski definition) is 6. The van der Waals surface area contributed by atoms with Crippen LogP contribution in [-0.2, 0) is 9.47 Å². The standard InChI is InChI=1S/C19H22O6/c1-20-14-7-5-12(6-8-14)17-18(25-11-24-17)13-9-15(21-2)19(23-4)16(10-13)22-3/h5-10,17-18H,11H2,1-4H3/t17-,18-/m0/s1. The highest BCUT2D eigenvalue weighted by Crippen LogP contribution is 2.46. The van der Waals surface area contributed by atoms with Crippen LogP contribution in [0, 0.1) is 0 Å². The molecule has 1 aliphatic rings. The Labute approximate surface area is 147 Å². The van der Waals surface area contributed by atoms with Gasteiger partial charge in [-0.25, -0.2) is 0 Å². The van der Waals surface area contributed by atoms with Crippen LogP contribution in [-0.4, -0.2) is 35.2 Å². The van der Waals surface area contributed by atoms with Crippen molar-refractivity contribution in [3.63, 3.8) is 0 Å². The zero-order valence-corrected chi connectivity index (χ0v) is 14.8. The van der Waals surface area contributed by atoms with Gasteiger partial charge in [-0.3, -0.25) is 0 Å². The molecular formula is C19H22O6. The van der Waals surface area contributed by atoms with Crippen molar-refractivity contribution in [1.82, 2.24) is 0 Å². The first-order chi connectivity index (χ1) is 12.2. The molecule has 1 fully saturated rings. The number of hydrogen-bond donors (Lipinski definition) is 0. The number of benzene rings is 2. The molecule has 134 valence electrons. The van der Waals surface area contributed by atoms with Crippen LogP contribution < -0.4 is 18.9 Å². The molecule has 25 heavy (non-hydrogen) atoms. The van der Waals surface area contributed by atoms with E-state index in [0.29, 0.717) is 17.2 Å². The molecule has 1 aliphatic heterocycles. The van der Waals surface area contributed by atoms with Gasteiger partial charge in [-0.2, -0.15) is 0 Å². The Morgan fingerprint density at radius 1 is 0.720 bits per heavy atom. The number of methoxy groups -OCH3 is 4. The van der Waals surface area contributed by atoms with Crippen molar-refractivity contribution in [3.8, 4) is 23.0 Å². The molecule has 2 aromatic rings. The summed E-state index contributed by atoms with van der Waals surface area (Å²) in [6, 6.07) is 11.5. The van der Waals surface area contributed by atoms with Gasteiger partial charge in [0.1, 0.15) is 24.8 Å². The fourth-order valence-corrected chi connectivity index (χ4v) is 2.96. The maximum atomic E-state index is 5.83. The number of rotatable bonds is 6. The van der Waals surface area contributed by atoms with E-state index in [4.69, 9.17) is 28.4 Å². The predicted octanol–water partition coefficient (Wildman–Crippen LogP) is 3.51. The van der Waals surface area contributed by atoms with E-state index in [1.807, 2.05) is 36.4 Å². The summed E-state index contributed by atoms with van der Waals surface area (Å²) in [5, 5.41) is 0. The molecule has 0 saturated carbocycles. The maximum Gasteiger partial charge on any atom is 0.203 e. The quantitative estimate of drug-likeness (QED) is 0.798. The van der Waals surface area contributed by atoms with Crippen molar-refractivity contribution in [2.24, 2.45) is 0 Å². The zero-order chi connectivity index (χ0) is 17.8. The zero-order valence-electron chi connectivity index (χ0n) is 14.8. The summed E-state index contributed by atoms with van der Waals surface area (Å²) in [7, 11) is 6.40. The highest BCUT2D eigenvalue weighted by Gasteiger charge is 2.33. The first-order valence-electron chi connectivity index (χ1n) is 7.88. The molecular weight excluding hydrogens is 324 g/mol. The first-order valence-corrected chi connectivity index (χ1v) is 7.88. The Balaban J connectivity index is 1.96. The summed E-state index contributed by atoms with van der Waals surface area (Å²) in [6.07, 6.45) is -0.504. The average molecular weight is 346 g/mol. The largest absolute Gasteiger partial charge is 0.497 e. The van der Waals surface area contributed by atoms with Crippen LogP contribution in [0.25, 0.3) is 0 Å². The molecule has 1 saturated heterocycles. The van der Waals surface area contributed by atoms with E-state index >= 15 is 0 Å². The molecule has 0 N–H and O–H groups in total. The Kier molecular flexibility index (Phi) is 5.31. The summed E-state index contributed by atoms with van der Waals surface area (Å²) in [4.78, 5) is 0. The van der Waals surface area contributed by atoms with E-state index < -0.39 is 0 Å². The second-order valence-electron chi connectivity index (χ2n) is 5.52. The van der Waals surface area contributed by atoms with Crippen LogP contribution in [0.4, 0.5) is 0 Å². The predicted molar refractivity (Wildman–Crippen MR) is 91.6 cm³/mol. The molecule has 0 bridgehead atoms. The molecule has 0 amide bonds. The maximum absolute atomic E-state index is 5.83. The number of ether oxygens (including phenoxy) is 6. The Bertz CT molecular complexity index is 687. The smallest absolute Gasteiger partial charge is 0.203 e. The average Bonchev–Trinajstić information content (AvgIpc) is 3.16. The van der Waals surface area contributed by atoms with Gasteiger partial charge in [0.05, 0.1) is 28.4 Å². The third kappa shape index (κ3) is 3.36. The van der Waals surface area contributed by atoms with E-state index in [1.165, 1.54) is 0 Å². The van der Waals surface area contributed by atoms with Crippen LogP contribution in [0.15, 0.2) is 36.4 Å². The van der Waals surface area contributed by atoms with Gasteiger partial charge in [0.2, 0.25) is 5.75 Å². The molecule has 2 atom stereocenters. The molecule has 6 heteroatoms. The minimum atomic E-state index is -0.276. The summed E-state index contributed by atoms with van der Waals surface area (Å²) in [5.41, 5.74) is 1.91. The van der Waals surface area contributed by atoms with Gasteiger partial charge in [0.15, 0.2) is 11.5 Å². The summed E-state index contributed by atoms with van der Waals surface area (Å²) >= 11 is 0. The lowest BCUT2D eigenvalue weighted by molar-refractivity contribution is 0.0381. The highest BCUT2D eigenvalue weighted by atomic mass is 16.7. The second kappa shape index (κ2) is 7.63. The van der Waals surface area contributed by atoms with Crippen molar-refractivity contribution in [3.05, 3.63) is 47.5 Å². The Hall–Kier alpha value is -2.44. The van der Waals surface area contributed by atoms with Crippen LogP contribution in [0.3, 0.4) is 0 Å². The van der Waals surface area contributed by atoms with Crippen molar-refractivity contribution in [2.75, 3.05) is 35.2 Å². The highest BCUT2D eigenvalue weighted by molar-refractivity contribution is 5.54. The van der Waals surface area contributed by atoms with Gasteiger partial charge in [0, 0.05) is 0 Å². The third-order valence-corrected chi connectivity index (χ3v) is 4.23. The van der Waals surface area contributed by atoms with Crippen molar-refractivity contribution < 1.29 is 28.4 Å². The Morgan fingerprint density at radius 2 is 1.28 bits per heavy atom. The molecule has 2 aromatic carbocycles. The lowest BCUT2D eigenvalue weighted by Gasteiger charge is -2.20. The Morgan fingerprint density at radius 3 is 1.76 bits per heavy atom. The van der Waals surface area contributed by atoms with Gasteiger partial charge < -0.3 is 28.4 Å². The van der Waals surface area contributed by atoms with Crippen molar-refractivity contribution in [1.29, 1.82) is 0 Å². The molecule has 1 heterocycles. The SMILES string of the molecule is COc1ccc([C@@H]2OCO[C@H]2c2cc(OC)c(OC)c(OC)c2)cc1. The second-order valence-corrected chi connectivity index (χ2v) is 5.52. The molecule has 0 spiro atoms. The van der Waals surface area contributed by atoms with Crippen LogP contribution >= 0.6 is 0 Å². The van der Waals surface area contributed by atoms with Gasteiger partial charge in [-0.15, -0.1) is 0 Å². The summed E-state index contributed by atoms with van der Waals surface area (Å²) < 4.78 is 33.1. The molecule has 3 rings (SSSR count). The van der Waals surface area contributed by atoms with Gasteiger partial charge >= 0.3 is 0 Å². The fraction of sp³-hybridized carbons (Fsp3) is 0.368. The molecule has 0 unspecified atom stereocenters. The lowest BCUT2D eigenvalue weighted by atomic mass is 9.97. The van der Waals surface area contributed by atoms with Crippen LogP contribution in [0.2, 0.25) is 0 Å². The van der Waals surface area contributed by atoms with Crippen molar-refractivity contribution >= 4 is 0 Å². The van der Waals surface area contributed by atoms with E-state index in [0.717, 1.165) is 16.9 Å². The van der Waals surface area contributed by atoms with E-state index in [2.05, 4.69) is 0 Å². The molecule has 0 radical (unpaired) electrons. The molecule has 0 aliphatic carbocycles. The summed E-state index contributed by atoms with van der Waals surface area (Å²) in [5.74, 6) is 2.52. The molecule has 0 aromatic heterocycles. The summed E-state index contributed by atoms with van der Waals surface area (Å²) in [6.45, 7) is 0.220. The molecule has 6 nitrogen and oxygen atoms in total. The van der Waals surface area contributed by atoms with Gasteiger partial charge in [-0.1, -0.05) is 12.1 Å². The van der Waals surface area contributed by atoms with Crippen LogP contribution in [0.1, 0.15) is 23.3 Å². The van der Waals surface area contributed by atoms with Gasteiger partial charge in [0.25, 0.3) is 0 Å². The topological polar surface area (TPSA) is 55.4 Å². The van der Waals surface area contributed by atoms with E-state index in [1.54, 1.807) is 28.4 Å². The fourth-order valence-electron chi connectivity index (χ4n) is 2.96. The van der Waals surface area contributed by atoms with Crippen molar-refractivity contribution in [2.45, 2.75) is 12.2 Å².